The van der Waals surface area contributed by atoms with Crippen molar-refractivity contribution in [2.24, 2.45) is 11.5 Å². The molecule has 0 bridgehead atoms. The monoisotopic (exact) mass is 220 g/mol. The van der Waals surface area contributed by atoms with Crippen molar-refractivity contribution < 1.29 is 8.85 Å². The minimum atomic E-state index is -1.94. The van der Waals surface area contributed by atoms with Crippen LogP contribution in [0.25, 0.3) is 0 Å². The fourth-order valence-corrected chi connectivity index (χ4v) is 4.29. The van der Waals surface area contributed by atoms with E-state index in [4.69, 9.17) is 20.3 Å². The predicted octanol–water partition coefficient (Wildman–Crippen LogP) is 0.809. The van der Waals surface area contributed by atoms with Crippen LogP contribution in [-0.4, -0.2) is 35.9 Å². The van der Waals surface area contributed by atoms with E-state index in [1.54, 1.807) is 14.2 Å². The lowest BCUT2D eigenvalue weighted by Gasteiger charge is -2.27. The first-order valence-electron chi connectivity index (χ1n) is 5.25. The summed E-state index contributed by atoms with van der Waals surface area (Å²) < 4.78 is 11.1. The average molecular weight is 220 g/mol. The van der Waals surface area contributed by atoms with Crippen LogP contribution in [0.15, 0.2) is 0 Å². The predicted molar refractivity (Wildman–Crippen MR) is 61.3 cm³/mol. The van der Waals surface area contributed by atoms with Crippen LogP contribution in [0.5, 0.6) is 0 Å². The highest BCUT2D eigenvalue weighted by Gasteiger charge is 2.33. The lowest BCUT2D eigenvalue weighted by molar-refractivity contribution is 0.239. The summed E-state index contributed by atoms with van der Waals surface area (Å²) >= 11 is 0. The molecule has 4 nitrogen and oxygen atoms in total. The van der Waals surface area contributed by atoms with Gasteiger partial charge in [-0.1, -0.05) is 6.42 Å². The Morgan fingerprint density at radius 1 is 0.857 bits per heavy atom. The van der Waals surface area contributed by atoms with E-state index in [1.807, 2.05) is 0 Å². The molecule has 0 heterocycles. The summed E-state index contributed by atoms with van der Waals surface area (Å²) in [7, 11) is 1.55. The normalized spacial score (nSPS) is 12.0. The van der Waals surface area contributed by atoms with Crippen molar-refractivity contribution in [1.29, 1.82) is 0 Å². The average Bonchev–Trinajstić information content (AvgIpc) is 2.24. The largest absolute Gasteiger partial charge is 0.398 e. The lowest BCUT2D eigenvalue weighted by Crippen LogP contribution is -2.40. The topological polar surface area (TPSA) is 70.5 Å². The Hall–Kier alpha value is 0.0569. The molecule has 5 heteroatoms. The Labute approximate surface area is 88.2 Å². The van der Waals surface area contributed by atoms with Crippen molar-refractivity contribution >= 4 is 8.56 Å². The maximum absolute atomic E-state index is 5.56. The number of unbranched alkanes of at least 4 members (excludes halogenated alkanes) is 1. The Balaban J connectivity index is 3.94. The van der Waals surface area contributed by atoms with Crippen LogP contribution in [0, 0.1) is 0 Å². The number of nitrogens with two attached hydrogens (primary N) is 2. The zero-order valence-corrected chi connectivity index (χ0v) is 10.4. The van der Waals surface area contributed by atoms with Gasteiger partial charge in [0.15, 0.2) is 0 Å². The van der Waals surface area contributed by atoms with Crippen LogP contribution < -0.4 is 11.5 Å². The minimum absolute atomic E-state index is 0.707. The maximum Gasteiger partial charge on any atom is 0.337 e. The number of hydrogen-bond donors (Lipinski definition) is 2. The zero-order chi connectivity index (χ0) is 10.9. The zero-order valence-electron chi connectivity index (χ0n) is 9.42. The molecule has 0 aliphatic heterocycles. The molecule has 0 aromatic rings. The molecule has 0 spiro atoms. The lowest BCUT2D eigenvalue weighted by atomic mass is 10.3. The van der Waals surface area contributed by atoms with Crippen LogP contribution in [0.1, 0.15) is 19.3 Å². The third-order valence-corrected chi connectivity index (χ3v) is 6.24. The molecule has 0 aromatic heterocycles. The summed E-state index contributed by atoms with van der Waals surface area (Å²) in [5.41, 5.74) is 10.9. The first kappa shape index (κ1) is 14.1. The van der Waals surface area contributed by atoms with Crippen molar-refractivity contribution in [2.75, 3.05) is 27.3 Å². The second-order valence-corrected chi connectivity index (χ2v) is 7.09. The van der Waals surface area contributed by atoms with Gasteiger partial charge in [-0.15, -0.1) is 0 Å². The van der Waals surface area contributed by atoms with E-state index in [0.29, 0.717) is 6.54 Å². The molecule has 0 saturated carbocycles. The molecule has 0 aromatic carbocycles. The molecule has 0 saturated heterocycles. The highest BCUT2D eigenvalue weighted by atomic mass is 28.4. The van der Waals surface area contributed by atoms with Gasteiger partial charge in [-0.3, -0.25) is 0 Å². The van der Waals surface area contributed by atoms with Gasteiger partial charge in [0.1, 0.15) is 0 Å². The fourth-order valence-electron chi connectivity index (χ4n) is 1.53. The summed E-state index contributed by atoms with van der Waals surface area (Å²) in [5.74, 6) is 0. The summed E-state index contributed by atoms with van der Waals surface area (Å²) in [6.45, 7) is 1.45. The second kappa shape index (κ2) is 8.37. The third kappa shape index (κ3) is 5.07. The minimum Gasteiger partial charge on any atom is -0.398 e. The van der Waals surface area contributed by atoms with Crippen molar-refractivity contribution in [3.8, 4) is 0 Å². The van der Waals surface area contributed by atoms with Gasteiger partial charge in [-0.25, -0.2) is 0 Å². The Morgan fingerprint density at radius 3 is 1.79 bits per heavy atom. The molecule has 0 unspecified atom stereocenters. The van der Waals surface area contributed by atoms with Crippen molar-refractivity contribution in [3.05, 3.63) is 0 Å². The summed E-state index contributed by atoms with van der Waals surface area (Å²) in [6.07, 6.45) is 3.12. The molecule has 0 rings (SSSR count). The summed E-state index contributed by atoms with van der Waals surface area (Å²) in [4.78, 5) is 0. The van der Waals surface area contributed by atoms with E-state index in [9.17, 15) is 0 Å². The summed E-state index contributed by atoms with van der Waals surface area (Å²) in [6, 6.07) is 2.01. The van der Waals surface area contributed by atoms with Gasteiger partial charge >= 0.3 is 8.56 Å². The van der Waals surface area contributed by atoms with Gasteiger partial charge in [-0.05, 0) is 38.0 Å². The van der Waals surface area contributed by atoms with E-state index >= 15 is 0 Å². The van der Waals surface area contributed by atoms with E-state index in [1.165, 1.54) is 0 Å². The van der Waals surface area contributed by atoms with E-state index in [-0.39, 0.29) is 0 Å². The molecule has 0 amide bonds. The van der Waals surface area contributed by atoms with Crippen LogP contribution in [-0.2, 0) is 8.85 Å². The van der Waals surface area contributed by atoms with Crippen molar-refractivity contribution in [1.82, 2.24) is 0 Å². The van der Waals surface area contributed by atoms with Crippen molar-refractivity contribution in [2.45, 2.75) is 31.4 Å². The smallest absolute Gasteiger partial charge is 0.337 e. The van der Waals surface area contributed by atoms with E-state index in [2.05, 4.69) is 0 Å². The Kier molecular flexibility index (Phi) is 8.41. The number of hydrogen-bond acceptors (Lipinski definition) is 4. The molecule has 0 atom stereocenters. The molecule has 86 valence electrons. The highest BCUT2D eigenvalue weighted by Crippen LogP contribution is 2.21. The molecule has 0 radical (unpaired) electrons. The second-order valence-electron chi connectivity index (χ2n) is 3.46. The molecule has 0 aliphatic carbocycles. The van der Waals surface area contributed by atoms with Crippen LogP contribution in [0.2, 0.25) is 12.1 Å². The molecular formula is C9H24N2O2Si. The van der Waals surface area contributed by atoms with Gasteiger partial charge in [0, 0.05) is 14.2 Å². The highest BCUT2D eigenvalue weighted by molar-refractivity contribution is 6.67. The molecular weight excluding hydrogens is 196 g/mol. The van der Waals surface area contributed by atoms with Crippen molar-refractivity contribution in [3.63, 3.8) is 0 Å². The molecule has 4 N–H and O–H groups in total. The van der Waals surface area contributed by atoms with Crippen LogP contribution in [0.3, 0.4) is 0 Å². The Bertz CT molecular complexity index is 132. The van der Waals surface area contributed by atoms with E-state index in [0.717, 1.165) is 37.9 Å². The van der Waals surface area contributed by atoms with Crippen LogP contribution in [0.4, 0.5) is 0 Å². The summed E-state index contributed by atoms with van der Waals surface area (Å²) in [5, 5.41) is 0. The Morgan fingerprint density at radius 2 is 1.36 bits per heavy atom. The SMILES string of the molecule is CO[Si](CCCN)(CCCCN)OC. The van der Waals surface area contributed by atoms with Crippen LogP contribution >= 0.6 is 0 Å². The first-order chi connectivity index (χ1) is 6.74. The molecule has 0 aliphatic rings. The van der Waals surface area contributed by atoms with Gasteiger partial charge in [0.05, 0.1) is 0 Å². The fraction of sp³-hybridized carbons (Fsp3) is 1.00. The quantitative estimate of drug-likeness (QED) is 0.445. The van der Waals surface area contributed by atoms with Gasteiger partial charge in [-0.2, -0.15) is 0 Å². The van der Waals surface area contributed by atoms with E-state index < -0.39 is 8.56 Å². The number of rotatable bonds is 9. The first-order valence-corrected chi connectivity index (χ1v) is 7.48. The van der Waals surface area contributed by atoms with Gasteiger partial charge in [0.2, 0.25) is 0 Å². The maximum atomic E-state index is 5.56. The standard InChI is InChI=1S/C9H24N2O2Si/c1-12-14(13-2,9-5-7-11)8-4-3-6-10/h3-11H2,1-2H3. The van der Waals surface area contributed by atoms with Gasteiger partial charge in [0.25, 0.3) is 0 Å². The molecule has 14 heavy (non-hydrogen) atoms. The third-order valence-electron chi connectivity index (χ3n) is 2.52. The van der Waals surface area contributed by atoms with Gasteiger partial charge < -0.3 is 20.3 Å². The molecule has 0 fully saturated rings.